The third-order valence-electron chi connectivity index (χ3n) is 3.39. The van der Waals surface area contributed by atoms with Crippen molar-refractivity contribution in [3.63, 3.8) is 0 Å². The SMILES string of the molecule is Cc1cccc(C[N+](C)(C)Cc2cccc(C)c2)c1.[Cl-]. The Bertz CT molecular complexity index is 511. The second-order valence-corrected chi connectivity index (χ2v) is 6.23. The molecule has 0 aliphatic rings. The summed E-state index contributed by atoms with van der Waals surface area (Å²) in [5.74, 6) is 0. The van der Waals surface area contributed by atoms with Crippen LogP contribution in [0.1, 0.15) is 22.3 Å². The minimum atomic E-state index is 0. The van der Waals surface area contributed by atoms with Crippen LogP contribution in [-0.2, 0) is 13.1 Å². The fraction of sp³-hybridized carbons (Fsp3) is 0.333. The molecule has 0 radical (unpaired) electrons. The van der Waals surface area contributed by atoms with Crippen molar-refractivity contribution >= 4 is 0 Å². The first-order chi connectivity index (χ1) is 8.94. The summed E-state index contributed by atoms with van der Waals surface area (Å²) in [6.07, 6.45) is 0. The van der Waals surface area contributed by atoms with Crippen molar-refractivity contribution in [1.82, 2.24) is 0 Å². The Balaban J connectivity index is 0.00000200. The van der Waals surface area contributed by atoms with Gasteiger partial charge in [0.05, 0.1) is 14.1 Å². The second-order valence-electron chi connectivity index (χ2n) is 6.23. The van der Waals surface area contributed by atoms with Crippen LogP contribution in [0.25, 0.3) is 0 Å². The van der Waals surface area contributed by atoms with Gasteiger partial charge in [-0.05, 0) is 13.8 Å². The van der Waals surface area contributed by atoms with Gasteiger partial charge in [0.25, 0.3) is 0 Å². The zero-order valence-corrected chi connectivity index (χ0v) is 13.6. The molecule has 0 aliphatic heterocycles. The number of hydrogen-bond donors (Lipinski definition) is 0. The topological polar surface area (TPSA) is 0 Å². The summed E-state index contributed by atoms with van der Waals surface area (Å²) in [6.45, 7) is 6.44. The quantitative estimate of drug-likeness (QED) is 0.739. The molecule has 1 nitrogen and oxygen atoms in total. The number of aryl methyl sites for hydroxylation is 2. The Morgan fingerprint density at radius 3 is 1.50 bits per heavy atom. The van der Waals surface area contributed by atoms with E-state index in [1.54, 1.807) is 0 Å². The first-order valence-electron chi connectivity index (χ1n) is 6.88. The predicted molar refractivity (Wildman–Crippen MR) is 81.9 cm³/mol. The molecule has 2 aromatic rings. The maximum Gasteiger partial charge on any atom is 0.104 e. The lowest BCUT2D eigenvalue weighted by Crippen LogP contribution is -3.00. The molecule has 108 valence electrons. The Morgan fingerprint density at radius 2 is 1.15 bits per heavy atom. The van der Waals surface area contributed by atoms with Gasteiger partial charge in [-0.1, -0.05) is 59.7 Å². The summed E-state index contributed by atoms with van der Waals surface area (Å²) in [4.78, 5) is 0. The van der Waals surface area contributed by atoms with Gasteiger partial charge in [-0.3, -0.25) is 0 Å². The molecule has 0 aromatic heterocycles. The molecule has 20 heavy (non-hydrogen) atoms. The highest BCUT2D eigenvalue weighted by Crippen LogP contribution is 2.16. The Kier molecular flexibility index (Phi) is 5.79. The Morgan fingerprint density at radius 1 is 0.750 bits per heavy atom. The first kappa shape index (κ1) is 16.7. The van der Waals surface area contributed by atoms with Crippen LogP contribution in [0.4, 0.5) is 0 Å². The summed E-state index contributed by atoms with van der Waals surface area (Å²) in [5, 5.41) is 0. The van der Waals surface area contributed by atoms with Crippen LogP contribution in [0.15, 0.2) is 48.5 Å². The highest BCUT2D eigenvalue weighted by molar-refractivity contribution is 5.23. The van der Waals surface area contributed by atoms with Gasteiger partial charge in [0, 0.05) is 11.1 Å². The van der Waals surface area contributed by atoms with E-state index in [2.05, 4.69) is 76.5 Å². The van der Waals surface area contributed by atoms with E-state index in [1.807, 2.05) is 0 Å². The highest BCUT2D eigenvalue weighted by Gasteiger charge is 2.16. The fourth-order valence-corrected chi connectivity index (χ4v) is 2.67. The molecule has 2 rings (SSSR count). The number of benzene rings is 2. The average Bonchev–Trinajstić information content (AvgIpc) is 2.27. The smallest absolute Gasteiger partial charge is 0.104 e. The van der Waals surface area contributed by atoms with E-state index >= 15 is 0 Å². The predicted octanol–water partition coefficient (Wildman–Crippen LogP) is 1.08. The normalized spacial score (nSPS) is 11.0. The third-order valence-corrected chi connectivity index (χ3v) is 3.39. The molecule has 0 bridgehead atoms. The van der Waals surface area contributed by atoms with E-state index in [4.69, 9.17) is 0 Å². The molecule has 0 spiro atoms. The van der Waals surface area contributed by atoms with Gasteiger partial charge in [-0.25, -0.2) is 0 Å². The van der Waals surface area contributed by atoms with Crippen LogP contribution in [0.2, 0.25) is 0 Å². The summed E-state index contributed by atoms with van der Waals surface area (Å²) in [6, 6.07) is 17.6. The standard InChI is InChI=1S/C18H24N.ClH/c1-15-7-5-9-17(11-15)13-19(3,4)14-18-10-6-8-16(2)12-18;/h5-12H,13-14H2,1-4H3;1H/q+1;/p-1. The van der Waals surface area contributed by atoms with E-state index < -0.39 is 0 Å². The lowest BCUT2D eigenvalue weighted by molar-refractivity contribution is -0.916. The maximum absolute atomic E-state index is 2.30. The van der Waals surface area contributed by atoms with Crippen LogP contribution in [0.3, 0.4) is 0 Å². The molecule has 0 atom stereocenters. The molecule has 0 N–H and O–H groups in total. The monoisotopic (exact) mass is 289 g/mol. The molecule has 0 amide bonds. The highest BCUT2D eigenvalue weighted by atomic mass is 35.5. The van der Waals surface area contributed by atoms with E-state index in [1.165, 1.54) is 22.3 Å². The van der Waals surface area contributed by atoms with Crippen LogP contribution in [-0.4, -0.2) is 18.6 Å². The van der Waals surface area contributed by atoms with Crippen molar-refractivity contribution in [3.05, 3.63) is 70.8 Å². The van der Waals surface area contributed by atoms with Crippen molar-refractivity contribution in [2.24, 2.45) is 0 Å². The zero-order valence-electron chi connectivity index (χ0n) is 12.9. The van der Waals surface area contributed by atoms with Gasteiger partial charge in [0.1, 0.15) is 13.1 Å². The maximum atomic E-state index is 2.30. The zero-order chi connectivity index (χ0) is 13.9. The van der Waals surface area contributed by atoms with E-state index in [0.29, 0.717) is 0 Å². The van der Waals surface area contributed by atoms with Crippen LogP contribution in [0.5, 0.6) is 0 Å². The van der Waals surface area contributed by atoms with Gasteiger partial charge < -0.3 is 16.9 Å². The van der Waals surface area contributed by atoms with Crippen molar-refractivity contribution in [2.75, 3.05) is 14.1 Å². The molecular formula is C18H24ClN. The molecule has 0 fully saturated rings. The van der Waals surface area contributed by atoms with E-state index in [-0.39, 0.29) is 12.4 Å². The van der Waals surface area contributed by atoms with Crippen LogP contribution in [0, 0.1) is 13.8 Å². The third kappa shape index (κ3) is 4.99. The second kappa shape index (κ2) is 6.92. The Labute approximate surface area is 129 Å². The van der Waals surface area contributed by atoms with Crippen molar-refractivity contribution < 1.29 is 16.9 Å². The first-order valence-corrected chi connectivity index (χ1v) is 6.88. The number of quaternary nitrogens is 1. The van der Waals surface area contributed by atoms with Gasteiger partial charge in [-0.2, -0.15) is 0 Å². The number of nitrogens with zero attached hydrogens (tertiary/aromatic N) is 1. The minimum absolute atomic E-state index is 0. The van der Waals surface area contributed by atoms with Gasteiger partial charge >= 0.3 is 0 Å². The number of hydrogen-bond acceptors (Lipinski definition) is 0. The van der Waals surface area contributed by atoms with Gasteiger partial charge in [0.15, 0.2) is 0 Å². The van der Waals surface area contributed by atoms with Crippen molar-refractivity contribution in [2.45, 2.75) is 26.9 Å². The Hall–Kier alpha value is -1.31. The van der Waals surface area contributed by atoms with Crippen molar-refractivity contribution in [3.8, 4) is 0 Å². The molecule has 2 heteroatoms. The molecule has 0 aliphatic carbocycles. The lowest BCUT2D eigenvalue weighted by Gasteiger charge is -2.30. The lowest BCUT2D eigenvalue weighted by atomic mass is 10.1. The largest absolute Gasteiger partial charge is 1.00 e. The molecule has 2 aromatic carbocycles. The van der Waals surface area contributed by atoms with Gasteiger partial charge in [0.2, 0.25) is 0 Å². The molecular weight excluding hydrogens is 266 g/mol. The van der Waals surface area contributed by atoms with E-state index in [0.717, 1.165) is 17.6 Å². The van der Waals surface area contributed by atoms with E-state index in [9.17, 15) is 0 Å². The fourth-order valence-electron chi connectivity index (χ4n) is 2.67. The summed E-state index contributed by atoms with van der Waals surface area (Å²) >= 11 is 0. The average molecular weight is 290 g/mol. The molecule has 0 saturated carbocycles. The van der Waals surface area contributed by atoms with Crippen molar-refractivity contribution in [1.29, 1.82) is 0 Å². The van der Waals surface area contributed by atoms with Gasteiger partial charge in [-0.15, -0.1) is 0 Å². The molecule has 0 heterocycles. The molecule has 0 saturated heterocycles. The van der Waals surface area contributed by atoms with Crippen LogP contribution < -0.4 is 12.4 Å². The molecule has 0 unspecified atom stereocenters. The summed E-state index contributed by atoms with van der Waals surface area (Å²) < 4.78 is 0.979. The number of halogens is 1. The van der Waals surface area contributed by atoms with Crippen LogP contribution >= 0.6 is 0 Å². The summed E-state index contributed by atoms with van der Waals surface area (Å²) in [5.41, 5.74) is 5.51. The number of rotatable bonds is 4. The summed E-state index contributed by atoms with van der Waals surface area (Å²) in [7, 11) is 4.59. The minimum Gasteiger partial charge on any atom is -1.00 e.